The molecule has 1 aromatic rings. The van der Waals surface area contributed by atoms with Crippen LogP contribution in [0.5, 0.6) is 0 Å². The van der Waals surface area contributed by atoms with Gasteiger partial charge in [0.05, 0.1) is 0 Å². The van der Waals surface area contributed by atoms with Crippen LogP contribution in [-0.4, -0.2) is 32.9 Å². The Morgan fingerprint density at radius 3 is 2.16 bits per heavy atom. The molecule has 19 heavy (non-hydrogen) atoms. The molecule has 1 atom stereocenters. The van der Waals surface area contributed by atoms with E-state index in [1.165, 1.54) is 26.2 Å². The second-order valence-electron chi connectivity index (χ2n) is 5.09. The highest BCUT2D eigenvalue weighted by molar-refractivity contribution is 7.87. The molecule has 0 spiro atoms. The number of nitrogens with one attached hydrogen (secondary N) is 1. The average molecular weight is 288 g/mol. The van der Waals surface area contributed by atoms with Crippen LogP contribution >= 0.6 is 0 Å². The summed E-state index contributed by atoms with van der Waals surface area (Å²) in [7, 11) is -0.494. The van der Waals surface area contributed by atoms with Crippen molar-refractivity contribution in [1.82, 2.24) is 9.03 Å². The largest absolute Gasteiger partial charge is 0.279 e. The van der Waals surface area contributed by atoms with Crippen molar-refractivity contribution in [3.8, 4) is 0 Å². The molecule has 1 N–H and O–H groups in total. The molecule has 0 amide bonds. The quantitative estimate of drug-likeness (QED) is 0.867. The summed E-state index contributed by atoms with van der Waals surface area (Å²) in [5.41, 5.74) is 0.904. The van der Waals surface area contributed by atoms with Crippen molar-refractivity contribution < 1.29 is 12.8 Å². The first-order valence-corrected chi connectivity index (χ1v) is 7.60. The first-order valence-electron chi connectivity index (χ1n) is 6.16. The number of rotatable bonds is 6. The van der Waals surface area contributed by atoms with E-state index in [4.69, 9.17) is 0 Å². The van der Waals surface area contributed by atoms with Gasteiger partial charge in [0.15, 0.2) is 0 Å². The predicted molar refractivity (Wildman–Crippen MR) is 74.5 cm³/mol. The summed E-state index contributed by atoms with van der Waals surface area (Å²) < 4.78 is 40.3. The molecule has 0 radical (unpaired) electrons. The lowest BCUT2D eigenvalue weighted by atomic mass is 9.97. The molecule has 0 saturated heterocycles. The van der Waals surface area contributed by atoms with Crippen LogP contribution in [0.2, 0.25) is 0 Å². The molecule has 0 aliphatic carbocycles. The fraction of sp³-hybridized carbons (Fsp3) is 0.538. The van der Waals surface area contributed by atoms with E-state index < -0.39 is 10.2 Å². The van der Waals surface area contributed by atoms with Gasteiger partial charge in [-0.25, -0.2) is 4.39 Å². The van der Waals surface area contributed by atoms with Crippen molar-refractivity contribution >= 4 is 10.2 Å². The number of halogens is 1. The van der Waals surface area contributed by atoms with Gasteiger partial charge in [-0.05, 0) is 30.0 Å². The molecule has 108 valence electrons. The molecular weight excluding hydrogens is 267 g/mol. The van der Waals surface area contributed by atoms with Crippen LogP contribution in [0.3, 0.4) is 0 Å². The van der Waals surface area contributed by atoms with Gasteiger partial charge in [0, 0.05) is 20.1 Å². The van der Waals surface area contributed by atoms with E-state index in [0.717, 1.165) is 9.87 Å². The maximum Gasteiger partial charge on any atom is 0.279 e. The molecule has 0 unspecified atom stereocenters. The van der Waals surface area contributed by atoms with Gasteiger partial charge in [-0.15, -0.1) is 0 Å². The van der Waals surface area contributed by atoms with Gasteiger partial charge in [0.2, 0.25) is 0 Å². The third kappa shape index (κ3) is 4.89. The van der Waals surface area contributed by atoms with E-state index in [1.54, 1.807) is 12.1 Å². The summed E-state index contributed by atoms with van der Waals surface area (Å²) in [5.74, 6) is -0.154. The second-order valence-corrected chi connectivity index (χ2v) is 7.00. The van der Waals surface area contributed by atoms with Crippen molar-refractivity contribution in [3.05, 3.63) is 35.6 Å². The van der Waals surface area contributed by atoms with Gasteiger partial charge in [0.25, 0.3) is 10.2 Å². The van der Waals surface area contributed by atoms with Crippen molar-refractivity contribution in [2.45, 2.75) is 26.3 Å². The fourth-order valence-electron chi connectivity index (χ4n) is 1.58. The van der Waals surface area contributed by atoms with Crippen LogP contribution in [0.1, 0.15) is 19.4 Å². The van der Waals surface area contributed by atoms with E-state index >= 15 is 0 Å². The summed E-state index contributed by atoms with van der Waals surface area (Å²) in [6, 6.07) is 5.89. The predicted octanol–water partition coefficient (Wildman–Crippen LogP) is 1.79. The molecule has 0 saturated carbocycles. The zero-order valence-electron chi connectivity index (χ0n) is 11.7. The molecule has 0 aromatic heterocycles. The molecule has 0 aliphatic rings. The van der Waals surface area contributed by atoms with E-state index in [9.17, 15) is 12.8 Å². The minimum atomic E-state index is -3.46. The Morgan fingerprint density at radius 2 is 1.74 bits per heavy atom. The summed E-state index contributed by atoms with van der Waals surface area (Å²) in [4.78, 5) is 0. The third-order valence-corrected chi connectivity index (χ3v) is 4.52. The smallest absolute Gasteiger partial charge is 0.207 e. The monoisotopic (exact) mass is 288 g/mol. The topological polar surface area (TPSA) is 49.4 Å². The lowest BCUT2D eigenvalue weighted by Crippen LogP contribution is -2.45. The summed E-state index contributed by atoms with van der Waals surface area (Å²) in [6.45, 7) is 3.90. The highest BCUT2D eigenvalue weighted by Crippen LogP contribution is 2.12. The Bertz CT molecular complexity index is 498. The third-order valence-electron chi connectivity index (χ3n) is 2.95. The number of hydrogen-bond acceptors (Lipinski definition) is 2. The highest BCUT2D eigenvalue weighted by Gasteiger charge is 2.22. The Balaban J connectivity index is 2.82. The van der Waals surface area contributed by atoms with Crippen LogP contribution in [0.4, 0.5) is 4.39 Å². The summed E-state index contributed by atoms with van der Waals surface area (Å²) >= 11 is 0. The SMILES string of the molecule is CC(C)[C@@H](Cc1ccc(F)cc1)NS(=O)(=O)N(C)C. The first-order chi connectivity index (χ1) is 8.72. The zero-order chi connectivity index (χ0) is 14.6. The average Bonchev–Trinajstić information content (AvgIpc) is 2.30. The van der Waals surface area contributed by atoms with Gasteiger partial charge < -0.3 is 0 Å². The van der Waals surface area contributed by atoms with E-state index in [1.807, 2.05) is 13.8 Å². The van der Waals surface area contributed by atoms with Gasteiger partial charge in [-0.3, -0.25) is 0 Å². The highest BCUT2D eigenvalue weighted by atomic mass is 32.2. The van der Waals surface area contributed by atoms with Gasteiger partial charge in [0.1, 0.15) is 5.82 Å². The molecule has 0 bridgehead atoms. The molecule has 1 rings (SSSR count). The number of benzene rings is 1. The Morgan fingerprint density at radius 1 is 1.21 bits per heavy atom. The standard InChI is InChI=1S/C13H21FN2O2S/c1-10(2)13(15-19(17,18)16(3)4)9-11-5-7-12(14)8-6-11/h5-8,10,13,15H,9H2,1-4H3/t13-/m1/s1. The minimum Gasteiger partial charge on any atom is -0.207 e. The molecule has 1 aromatic carbocycles. The van der Waals surface area contributed by atoms with Gasteiger partial charge in [-0.2, -0.15) is 17.4 Å². The van der Waals surface area contributed by atoms with Crippen LogP contribution in [-0.2, 0) is 16.6 Å². The lowest BCUT2D eigenvalue weighted by molar-refractivity contribution is 0.424. The normalized spacial score (nSPS) is 14.1. The van der Waals surface area contributed by atoms with Crippen LogP contribution in [0, 0.1) is 11.7 Å². The Kier molecular flexibility index (Phi) is 5.46. The van der Waals surface area contributed by atoms with Gasteiger partial charge in [-0.1, -0.05) is 26.0 Å². The van der Waals surface area contributed by atoms with Crippen molar-refractivity contribution in [2.24, 2.45) is 5.92 Å². The fourth-order valence-corrected chi connectivity index (χ4v) is 2.53. The van der Waals surface area contributed by atoms with Crippen LogP contribution in [0.25, 0.3) is 0 Å². The molecule has 0 fully saturated rings. The van der Waals surface area contributed by atoms with Crippen LogP contribution < -0.4 is 4.72 Å². The van der Waals surface area contributed by atoms with E-state index in [0.29, 0.717) is 6.42 Å². The number of nitrogens with zero attached hydrogens (tertiary/aromatic N) is 1. The maximum atomic E-state index is 12.8. The number of hydrogen-bond donors (Lipinski definition) is 1. The maximum absolute atomic E-state index is 12.8. The van der Waals surface area contributed by atoms with Crippen molar-refractivity contribution in [3.63, 3.8) is 0 Å². The lowest BCUT2D eigenvalue weighted by Gasteiger charge is -2.24. The molecule has 0 aliphatic heterocycles. The van der Waals surface area contributed by atoms with Crippen molar-refractivity contribution in [2.75, 3.05) is 14.1 Å². The Labute approximate surface area is 114 Å². The second kappa shape index (κ2) is 6.45. The van der Waals surface area contributed by atoms with E-state index in [2.05, 4.69) is 4.72 Å². The molecule has 0 heterocycles. The zero-order valence-corrected chi connectivity index (χ0v) is 12.5. The minimum absolute atomic E-state index is 0.139. The molecule has 4 nitrogen and oxygen atoms in total. The Hall–Kier alpha value is -0.980. The van der Waals surface area contributed by atoms with Crippen LogP contribution in [0.15, 0.2) is 24.3 Å². The summed E-state index contributed by atoms with van der Waals surface area (Å²) in [6.07, 6.45) is 0.533. The first kappa shape index (κ1) is 16.1. The van der Waals surface area contributed by atoms with Gasteiger partial charge >= 0.3 is 0 Å². The van der Waals surface area contributed by atoms with Crippen molar-refractivity contribution in [1.29, 1.82) is 0 Å². The van der Waals surface area contributed by atoms with E-state index in [-0.39, 0.29) is 17.8 Å². The molecule has 6 heteroatoms. The summed E-state index contributed by atoms with van der Waals surface area (Å²) in [5, 5.41) is 0. The molecular formula is C13H21FN2O2S.